The Morgan fingerprint density at radius 1 is 0.549 bits per heavy atom. The average molecular weight is 1020 g/mol. The maximum absolute atomic E-state index is 13.2. The fourth-order valence-electron chi connectivity index (χ4n) is 8.00. The van der Waals surface area contributed by atoms with E-state index in [9.17, 15) is 58.8 Å². The highest BCUT2D eigenvalue weighted by Crippen LogP contribution is 2.23. The van der Waals surface area contributed by atoms with Crippen molar-refractivity contribution in [3.05, 3.63) is 0 Å². The van der Waals surface area contributed by atoms with Gasteiger partial charge in [0.2, 0.25) is 23.6 Å². The molecule has 0 aliphatic carbocycles. The molecule has 0 aromatic carbocycles. The maximum atomic E-state index is 13.2. The molecule has 0 radical (unpaired) electrons. The first-order chi connectivity index (χ1) is 33.6. The first kappa shape index (κ1) is 64.5. The van der Waals surface area contributed by atoms with E-state index in [1.54, 1.807) is 26.7 Å². The molecule has 0 aromatic heterocycles. The number of nitrogens with zero attached hydrogens (tertiary/aromatic N) is 4. The summed E-state index contributed by atoms with van der Waals surface area (Å²) in [5, 5.41) is 50.0. The van der Waals surface area contributed by atoms with Crippen molar-refractivity contribution < 1.29 is 73.0 Å². The maximum Gasteiger partial charge on any atom is 0.320 e. The van der Waals surface area contributed by atoms with Crippen molar-refractivity contribution in [3.8, 4) is 0 Å². The van der Waals surface area contributed by atoms with Gasteiger partial charge in [-0.25, -0.2) is 0 Å². The van der Waals surface area contributed by atoms with E-state index < -0.39 is 41.9 Å². The van der Waals surface area contributed by atoms with Crippen LogP contribution in [0.4, 0.5) is 0 Å². The zero-order valence-corrected chi connectivity index (χ0v) is 43.4. The number of carbonyl (C=O) groups excluding carboxylic acids is 4. The standard InChI is InChI=1S/C48H88N8O15/c1-7-8-10-14-40(58)52-37(13-11-9-12-17-49-41(59)30-47(2,3)35-71-36-48(4,5)34-69-6)45(66)51-19-29-70-28-18-50-39(57)16-15-38(46(67)68)56-26-24-54(32-43(62)63)22-20-53(31-42(60)61)21-23-55(25-27-56)33-44(64)65/h37-38H,7-36H2,1-6H3,(H,49,59)(H,50,57)(H,51,66)(H,52,58)(H,60,61)(H,62,63)(H,64,65)(H,67,68)/t37-,38?/m0/s1. The van der Waals surface area contributed by atoms with Gasteiger partial charge in [0.15, 0.2) is 0 Å². The number of unbranched alkanes of at least 4 members (excludes halogenated alkanes) is 4. The normalized spacial score (nSPS) is 15.9. The quantitative estimate of drug-likeness (QED) is 0.0399. The molecule has 71 heavy (non-hydrogen) atoms. The minimum absolute atomic E-state index is 0.0577. The Hall–Kier alpha value is -4.52. The van der Waals surface area contributed by atoms with Crippen LogP contribution in [0.5, 0.6) is 0 Å². The molecule has 1 rings (SSSR count). The molecule has 0 saturated carbocycles. The van der Waals surface area contributed by atoms with Gasteiger partial charge in [-0.15, -0.1) is 0 Å². The number of carboxylic acids is 4. The molecule has 1 fully saturated rings. The molecule has 1 unspecified atom stereocenters. The first-order valence-electron chi connectivity index (χ1n) is 25.1. The highest BCUT2D eigenvalue weighted by Gasteiger charge is 2.29. The molecule has 1 aliphatic heterocycles. The highest BCUT2D eigenvalue weighted by molar-refractivity contribution is 5.87. The van der Waals surface area contributed by atoms with Gasteiger partial charge in [0, 0.05) is 104 Å². The van der Waals surface area contributed by atoms with Crippen LogP contribution in [0.15, 0.2) is 0 Å². The number of rotatable bonds is 37. The van der Waals surface area contributed by atoms with E-state index in [1.165, 1.54) is 0 Å². The third-order valence-corrected chi connectivity index (χ3v) is 11.7. The summed E-state index contributed by atoms with van der Waals surface area (Å²) in [5.41, 5.74) is -0.465. The number of carboxylic acid groups (broad SMARTS) is 4. The minimum Gasteiger partial charge on any atom is -0.480 e. The SMILES string of the molecule is CCCCCC(=O)N[C@@H](CCCCCNC(=O)CC(C)(C)COCC(C)(C)COC)C(=O)NCCOCCNC(=O)CCC(C(=O)O)N1CCN(CC(=O)O)CCN(CC(=O)O)CCN(CC(=O)O)CC1. The van der Waals surface area contributed by atoms with Crippen molar-refractivity contribution in [2.24, 2.45) is 10.8 Å². The van der Waals surface area contributed by atoms with Gasteiger partial charge < -0.3 is 55.9 Å². The molecule has 2 atom stereocenters. The zero-order chi connectivity index (χ0) is 53.2. The zero-order valence-electron chi connectivity index (χ0n) is 43.4. The first-order valence-corrected chi connectivity index (χ1v) is 25.1. The van der Waals surface area contributed by atoms with E-state index in [0.29, 0.717) is 58.5 Å². The lowest BCUT2D eigenvalue weighted by Gasteiger charge is -2.35. The van der Waals surface area contributed by atoms with Crippen molar-refractivity contribution in [2.45, 2.75) is 117 Å². The summed E-state index contributed by atoms with van der Waals surface area (Å²) in [6, 6.07) is -1.89. The number of methoxy groups -OCH3 is 1. The van der Waals surface area contributed by atoms with E-state index >= 15 is 0 Å². The summed E-state index contributed by atoms with van der Waals surface area (Å²) in [6.45, 7) is 12.8. The van der Waals surface area contributed by atoms with Crippen molar-refractivity contribution in [1.29, 1.82) is 0 Å². The summed E-state index contributed by atoms with van der Waals surface area (Å²) < 4.78 is 16.8. The van der Waals surface area contributed by atoms with Crippen LogP contribution in [0.1, 0.15) is 105 Å². The Kier molecular flexibility index (Phi) is 33.1. The van der Waals surface area contributed by atoms with Crippen LogP contribution in [0, 0.1) is 10.8 Å². The van der Waals surface area contributed by atoms with E-state index in [0.717, 1.165) is 25.7 Å². The third kappa shape index (κ3) is 33.0. The van der Waals surface area contributed by atoms with Crippen LogP contribution < -0.4 is 21.3 Å². The lowest BCUT2D eigenvalue weighted by Crippen LogP contribution is -2.52. The molecular formula is C48H88N8O15. The lowest BCUT2D eigenvalue weighted by molar-refractivity contribution is -0.145. The molecule has 4 amide bonds. The van der Waals surface area contributed by atoms with E-state index in [-0.39, 0.29) is 140 Å². The Bertz CT molecular complexity index is 1590. The van der Waals surface area contributed by atoms with Gasteiger partial charge in [-0.3, -0.25) is 58.0 Å². The largest absolute Gasteiger partial charge is 0.480 e. The van der Waals surface area contributed by atoms with Crippen molar-refractivity contribution in [3.63, 3.8) is 0 Å². The third-order valence-electron chi connectivity index (χ3n) is 11.7. The molecule has 23 heteroatoms. The molecule has 410 valence electrons. The number of aliphatic carboxylic acids is 4. The lowest BCUT2D eigenvalue weighted by atomic mass is 9.89. The second-order valence-corrected chi connectivity index (χ2v) is 19.9. The Morgan fingerprint density at radius 2 is 1.07 bits per heavy atom. The highest BCUT2D eigenvalue weighted by atomic mass is 16.5. The minimum atomic E-state index is -1.20. The molecule has 0 aromatic rings. The monoisotopic (exact) mass is 1020 g/mol. The number of carbonyl (C=O) groups is 8. The van der Waals surface area contributed by atoms with Crippen LogP contribution in [0.3, 0.4) is 0 Å². The van der Waals surface area contributed by atoms with Gasteiger partial charge in [-0.05, 0) is 31.1 Å². The van der Waals surface area contributed by atoms with Crippen molar-refractivity contribution in [1.82, 2.24) is 40.9 Å². The smallest absolute Gasteiger partial charge is 0.320 e. The summed E-state index contributed by atoms with van der Waals surface area (Å²) in [6.07, 6.45) is 5.47. The number of nitrogens with one attached hydrogen (secondary N) is 4. The summed E-state index contributed by atoms with van der Waals surface area (Å²) in [7, 11) is 1.66. The Balaban J connectivity index is 2.64. The molecule has 1 saturated heterocycles. The van der Waals surface area contributed by atoms with Gasteiger partial charge >= 0.3 is 23.9 Å². The summed E-state index contributed by atoms with van der Waals surface area (Å²) in [4.78, 5) is 105. The number of ether oxygens (including phenoxy) is 3. The van der Waals surface area contributed by atoms with E-state index in [1.807, 2.05) is 20.8 Å². The van der Waals surface area contributed by atoms with Crippen LogP contribution in [-0.2, 0) is 52.6 Å². The predicted molar refractivity (Wildman–Crippen MR) is 264 cm³/mol. The van der Waals surface area contributed by atoms with Gasteiger partial charge in [-0.1, -0.05) is 60.3 Å². The molecule has 8 N–H and O–H groups in total. The molecule has 1 aliphatic rings. The molecule has 1 heterocycles. The van der Waals surface area contributed by atoms with E-state index in [2.05, 4.69) is 35.1 Å². The number of hydrogen-bond donors (Lipinski definition) is 8. The fourth-order valence-corrected chi connectivity index (χ4v) is 8.00. The van der Waals surface area contributed by atoms with Gasteiger partial charge in [-0.2, -0.15) is 0 Å². The second-order valence-electron chi connectivity index (χ2n) is 19.9. The fraction of sp³-hybridized carbons (Fsp3) is 0.833. The van der Waals surface area contributed by atoms with Crippen LogP contribution in [0.2, 0.25) is 0 Å². The molecule has 0 bridgehead atoms. The van der Waals surface area contributed by atoms with Crippen LogP contribution >= 0.6 is 0 Å². The van der Waals surface area contributed by atoms with Crippen molar-refractivity contribution >= 4 is 47.5 Å². The number of hydrogen-bond acceptors (Lipinski definition) is 15. The summed E-state index contributed by atoms with van der Waals surface area (Å²) >= 11 is 0. The number of amides is 4. The molecule has 23 nitrogen and oxygen atoms in total. The molecular weight excluding hydrogens is 929 g/mol. The van der Waals surface area contributed by atoms with Gasteiger partial charge in [0.25, 0.3) is 0 Å². The predicted octanol–water partition coefficient (Wildman–Crippen LogP) is 0.791. The summed E-state index contributed by atoms with van der Waals surface area (Å²) in [5.74, 6) is -5.52. The second kappa shape index (κ2) is 36.4. The topological polar surface area (TPSA) is 306 Å². The average Bonchev–Trinajstić information content (AvgIpc) is 3.26. The van der Waals surface area contributed by atoms with Crippen molar-refractivity contribution in [2.75, 3.05) is 132 Å². The van der Waals surface area contributed by atoms with Crippen LogP contribution in [-0.4, -0.2) is 231 Å². The van der Waals surface area contributed by atoms with Gasteiger partial charge in [0.1, 0.15) is 12.1 Å². The Morgan fingerprint density at radius 3 is 1.59 bits per heavy atom. The Labute approximate surface area is 420 Å². The van der Waals surface area contributed by atoms with E-state index in [4.69, 9.17) is 14.2 Å². The van der Waals surface area contributed by atoms with Gasteiger partial charge in [0.05, 0.1) is 52.7 Å². The van der Waals surface area contributed by atoms with Crippen LogP contribution in [0.25, 0.3) is 0 Å². The molecule has 0 spiro atoms.